The monoisotopic (exact) mass is 288 g/mol. The maximum Gasteiger partial charge on any atom is 0.133 e. The van der Waals surface area contributed by atoms with Gasteiger partial charge in [-0.05, 0) is 45.5 Å². The Morgan fingerprint density at radius 3 is 2.76 bits per heavy atom. The van der Waals surface area contributed by atoms with Crippen LogP contribution in [-0.4, -0.2) is 61.1 Å². The van der Waals surface area contributed by atoms with E-state index in [-0.39, 0.29) is 0 Å². The molecule has 0 spiro atoms. The van der Waals surface area contributed by atoms with Gasteiger partial charge in [0.05, 0.1) is 0 Å². The molecule has 2 aliphatic rings. The highest BCUT2D eigenvalue weighted by molar-refractivity contribution is 5.49. The molecule has 1 aromatic rings. The van der Waals surface area contributed by atoms with Crippen LogP contribution in [0.15, 0.2) is 18.3 Å². The Labute approximate surface area is 128 Å². The average molecular weight is 288 g/mol. The van der Waals surface area contributed by atoms with E-state index in [9.17, 15) is 0 Å². The molecule has 2 fully saturated rings. The second-order valence-corrected chi connectivity index (χ2v) is 6.40. The molecule has 0 aromatic carbocycles. The van der Waals surface area contributed by atoms with Gasteiger partial charge in [-0.1, -0.05) is 13.0 Å². The van der Waals surface area contributed by atoms with Gasteiger partial charge in [0.2, 0.25) is 0 Å². The number of likely N-dealkylation sites (tertiary alicyclic amines) is 1. The number of nitrogens with zero attached hydrogens (tertiary/aromatic N) is 4. The summed E-state index contributed by atoms with van der Waals surface area (Å²) in [6, 6.07) is 4.99. The first-order valence-corrected chi connectivity index (χ1v) is 8.42. The predicted molar refractivity (Wildman–Crippen MR) is 87.8 cm³/mol. The van der Waals surface area contributed by atoms with Crippen LogP contribution in [0.3, 0.4) is 0 Å². The van der Waals surface area contributed by atoms with Crippen molar-refractivity contribution in [2.45, 2.75) is 32.2 Å². The first-order valence-electron chi connectivity index (χ1n) is 8.42. The number of likely N-dealkylation sites (N-methyl/N-ethyl adjacent to an activating group) is 1. The SMILES string of the molecule is CCCN1CCC[C@@H]1c1cccnc1N1CCN(C)CC1. The lowest BCUT2D eigenvalue weighted by atomic mass is 10.0. The zero-order chi connectivity index (χ0) is 14.7. The molecule has 1 aromatic heterocycles. The summed E-state index contributed by atoms with van der Waals surface area (Å²) in [7, 11) is 2.20. The Morgan fingerprint density at radius 1 is 1.19 bits per heavy atom. The van der Waals surface area contributed by atoms with Gasteiger partial charge < -0.3 is 9.80 Å². The van der Waals surface area contributed by atoms with Crippen LogP contribution in [0.5, 0.6) is 0 Å². The van der Waals surface area contributed by atoms with Gasteiger partial charge in [0.15, 0.2) is 0 Å². The zero-order valence-corrected chi connectivity index (χ0v) is 13.5. The normalized spacial score (nSPS) is 24.7. The first kappa shape index (κ1) is 14.8. The van der Waals surface area contributed by atoms with Gasteiger partial charge in [0, 0.05) is 44.0 Å². The fraction of sp³-hybridized carbons (Fsp3) is 0.706. The van der Waals surface area contributed by atoms with Gasteiger partial charge in [-0.25, -0.2) is 4.98 Å². The molecule has 2 saturated heterocycles. The molecule has 1 atom stereocenters. The minimum Gasteiger partial charge on any atom is -0.354 e. The number of aromatic nitrogens is 1. The van der Waals surface area contributed by atoms with E-state index >= 15 is 0 Å². The van der Waals surface area contributed by atoms with E-state index in [0.29, 0.717) is 6.04 Å². The number of rotatable bonds is 4. The third-order valence-electron chi connectivity index (χ3n) is 4.85. The van der Waals surface area contributed by atoms with Gasteiger partial charge >= 0.3 is 0 Å². The second kappa shape index (κ2) is 6.75. The Morgan fingerprint density at radius 2 is 2.00 bits per heavy atom. The molecule has 0 N–H and O–H groups in total. The van der Waals surface area contributed by atoms with E-state index in [4.69, 9.17) is 4.98 Å². The summed E-state index contributed by atoms with van der Waals surface area (Å²) in [6.07, 6.45) is 5.80. The van der Waals surface area contributed by atoms with Crippen molar-refractivity contribution in [1.29, 1.82) is 0 Å². The van der Waals surface area contributed by atoms with Crippen molar-refractivity contribution in [1.82, 2.24) is 14.8 Å². The van der Waals surface area contributed by atoms with Crippen molar-refractivity contribution in [3.8, 4) is 0 Å². The molecule has 4 heteroatoms. The highest BCUT2D eigenvalue weighted by atomic mass is 15.3. The lowest BCUT2D eigenvalue weighted by molar-refractivity contribution is 0.256. The van der Waals surface area contributed by atoms with E-state index in [0.717, 1.165) is 26.2 Å². The molecule has 0 unspecified atom stereocenters. The fourth-order valence-electron chi connectivity index (χ4n) is 3.69. The molecule has 0 radical (unpaired) electrons. The van der Waals surface area contributed by atoms with Crippen molar-refractivity contribution in [2.75, 3.05) is 51.2 Å². The van der Waals surface area contributed by atoms with Crippen molar-refractivity contribution in [3.05, 3.63) is 23.9 Å². The van der Waals surface area contributed by atoms with Crippen LogP contribution >= 0.6 is 0 Å². The largest absolute Gasteiger partial charge is 0.354 e. The molecule has 0 bridgehead atoms. The van der Waals surface area contributed by atoms with Crippen molar-refractivity contribution in [3.63, 3.8) is 0 Å². The van der Waals surface area contributed by atoms with Gasteiger partial charge in [0.25, 0.3) is 0 Å². The standard InChI is InChI=1S/C17H28N4/c1-3-9-20-10-5-7-16(20)15-6-4-8-18-17(15)21-13-11-19(2)12-14-21/h4,6,8,16H,3,5,7,9-14H2,1-2H3/t16-/m1/s1. The minimum absolute atomic E-state index is 0.577. The smallest absolute Gasteiger partial charge is 0.133 e. The van der Waals surface area contributed by atoms with Crippen LogP contribution in [0.25, 0.3) is 0 Å². The first-order chi connectivity index (χ1) is 10.3. The molecular formula is C17H28N4. The lowest BCUT2D eigenvalue weighted by Gasteiger charge is -2.36. The van der Waals surface area contributed by atoms with Crippen LogP contribution < -0.4 is 4.90 Å². The highest BCUT2D eigenvalue weighted by Gasteiger charge is 2.29. The van der Waals surface area contributed by atoms with Crippen molar-refractivity contribution < 1.29 is 0 Å². The summed E-state index contributed by atoms with van der Waals surface area (Å²) in [5.74, 6) is 1.23. The summed E-state index contributed by atoms with van der Waals surface area (Å²) in [6.45, 7) is 9.21. The van der Waals surface area contributed by atoms with E-state index in [1.54, 1.807) is 0 Å². The zero-order valence-electron chi connectivity index (χ0n) is 13.5. The number of hydrogen-bond donors (Lipinski definition) is 0. The van der Waals surface area contributed by atoms with Gasteiger partial charge in [-0.3, -0.25) is 4.90 Å². The van der Waals surface area contributed by atoms with Crippen LogP contribution in [-0.2, 0) is 0 Å². The Hall–Kier alpha value is -1.13. The number of pyridine rings is 1. The molecule has 3 rings (SSSR count). The van der Waals surface area contributed by atoms with Crippen molar-refractivity contribution in [2.24, 2.45) is 0 Å². The van der Waals surface area contributed by atoms with Crippen LogP contribution in [0.4, 0.5) is 5.82 Å². The predicted octanol–water partition coefficient (Wildman–Crippen LogP) is 2.38. The molecular weight excluding hydrogens is 260 g/mol. The molecule has 0 saturated carbocycles. The topological polar surface area (TPSA) is 22.6 Å². The Balaban J connectivity index is 1.82. The van der Waals surface area contributed by atoms with Crippen LogP contribution in [0, 0.1) is 0 Å². The molecule has 0 amide bonds. The lowest BCUT2D eigenvalue weighted by Crippen LogP contribution is -2.45. The summed E-state index contributed by atoms with van der Waals surface area (Å²) in [4.78, 5) is 12.3. The van der Waals surface area contributed by atoms with E-state index in [2.05, 4.69) is 40.8 Å². The summed E-state index contributed by atoms with van der Waals surface area (Å²) in [5.41, 5.74) is 1.45. The summed E-state index contributed by atoms with van der Waals surface area (Å²) >= 11 is 0. The van der Waals surface area contributed by atoms with Gasteiger partial charge in [-0.15, -0.1) is 0 Å². The third kappa shape index (κ3) is 3.22. The molecule has 0 aliphatic carbocycles. The van der Waals surface area contributed by atoms with Crippen LogP contribution in [0.1, 0.15) is 37.8 Å². The molecule has 3 heterocycles. The number of anilines is 1. The molecule has 2 aliphatic heterocycles. The number of hydrogen-bond acceptors (Lipinski definition) is 4. The maximum atomic E-state index is 4.75. The van der Waals surface area contributed by atoms with E-state index in [1.807, 2.05) is 6.20 Å². The van der Waals surface area contributed by atoms with Crippen molar-refractivity contribution >= 4 is 5.82 Å². The molecule has 21 heavy (non-hydrogen) atoms. The third-order valence-corrected chi connectivity index (χ3v) is 4.85. The van der Waals surface area contributed by atoms with E-state index in [1.165, 1.54) is 43.7 Å². The molecule has 4 nitrogen and oxygen atoms in total. The minimum atomic E-state index is 0.577. The Bertz CT molecular complexity index is 454. The fourth-order valence-corrected chi connectivity index (χ4v) is 3.69. The summed E-state index contributed by atoms with van der Waals surface area (Å²) < 4.78 is 0. The maximum absolute atomic E-state index is 4.75. The van der Waals surface area contributed by atoms with Crippen LogP contribution in [0.2, 0.25) is 0 Å². The average Bonchev–Trinajstić information content (AvgIpc) is 2.97. The quantitative estimate of drug-likeness (QED) is 0.848. The summed E-state index contributed by atoms with van der Waals surface area (Å²) in [5, 5.41) is 0. The number of piperazine rings is 1. The molecule has 116 valence electrons. The van der Waals surface area contributed by atoms with E-state index < -0.39 is 0 Å². The van der Waals surface area contributed by atoms with Gasteiger partial charge in [0.1, 0.15) is 5.82 Å². The second-order valence-electron chi connectivity index (χ2n) is 6.40. The Kier molecular flexibility index (Phi) is 4.76. The highest BCUT2D eigenvalue weighted by Crippen LogP contribution is 2.36. The van der Waals surface area contributed by atoms with Gasteiger partial charge in [-0.2, -0.15) is 0 Å².